The van der Waals surface area contributed by atoms with Gasteiger partial charge in [-0.15, -0.1) is 0 Å². The molecule has 0 saturated heterocycles. The molecule has 0 spiro atoms. The molecule has 0 aliphatic carbocycles. The van der Waals surface area contributed by atoms with E-state index >= 15 is 0 Å². The van der Waals surface area contributed by atoms with Crippen LogP contribution in [0.1, 0.15) is 35.8 Å². The Morgan fingerprint density at radius 2 is 2.05 bits per heavy atom. The molecule has 1 N–H and O–H groups in total. The number of carbonyl (C=O) groups is 1. The Kier molecular flexibility index (Phi) is 8.38. The Hall–Kier alpha value is -1.66. The molecule has 6 nitrogen and oxygen atoms in total. The summed E-state index contributed by atoms with van der Waals surface area (Å²) in [7, 11) is 1.63. The lowest BCUT2D eigenvalue weighted by Gasteiger charge is -2.09. The second kappa shape index (κ2) is 10.1. The zero-order valence-electron chi connectivity index (χ0n) is 12.6. The minimum Gasteiger partial charge on any atom is -0.478 e. The van der Waals surface area contributed by atoms with E-state index in [1.54, 1.807) is 13.2 Å². The van der Waals surface area contributed by atoms with Gasteiger partial charge < -0.3 is 19.3 Å². The van der Waals surface area contributed by atoms with Gasteiger partial charge in [0.15, 0.2) is 0 Å². The van der Waals surface area contributed by atoms with Gasteiger partial charge in [0.25, 0.3) is 0 Å². The molecular formula is C15H23NO5. The number of hydrogen-bond donors (Lipinski definition) is 1. The van der Waals surface area contributed by atoms with Gasteiger partial charge in [-0.2, -0.15) is 0 Å². The Balaban J connectivity index is 2.44. The average molecular weight is 297 g/mol. The van der Waals surface area contributed by atoms with Crippen LogP contribution < -0.4 is 4.74 Å². The van der Waals surface area contributed by atoms with E-state index in [1.807, 2.05) is 6.92 Å². The van der Waals surface area contributed by atoms with E-state index in [0.29, 0.717) is 38.7 Å². The van der Waals surface area contributed by atoms with Crippen LogP contribution in [0.4, 0.5) is 0 Å². The lowest BCUT2D eigenvalue weighted by atomic mass is 10.1. The predicted octanol–water partition coefficient (Wildman–Crippen LogP) is 2.16. The van der Waals surface area contributed by atoms with Gasteiger partial charge in [0.05, 0.1) is 25.4 Å². The topological polar surface area (TPSA) is 77.9 Å². The largest absolute Gasteiger partial charge is 0.478 e. The maximum atomic E-state index is 11.1. The predicted molar refractivity (Wildman–Crippen MR) is 78.0 cm³/mol. The highest BCUT2D eigenvalue weighted by Crippen LogP contribution is 2.14. The first-order valence-corrected chi connectivity index (χ1v) is 7.11. The summed E-state index contributed by atoms with van der Waals surface area (Å²) >= 11 is 0. The highest BCUT2D eigenvalue weighted by molar-refractivity contribution is 5.88. The molecule has 0 saturated carbocycles. The van der Waals surface area contributed by atoms with Crippen LogP contribution in [0.15, 0.2) is 12.1 Å². The molecule has 0 aliphatic rings. The van der Waals surface area contributed by atoms with Crippen molar-refractivity contribution >= 4 is 5.97 Å². The van der Waals surface area contributed by atoms with Crippen molar-refractivity contribution in [1.82, 2.24) is 4.98 Å². The van der Waals surface area contributed by atoms with Crippen LogP contribution in [-0.4, -0.2) is 49.6 Å². The smallest absolute Gasteiger partial charge is 0.335 e. The number of nitrogens with zero attached hydrogens (tertiary/aromatic N) is 1. The molecule has 6 heteroatoms. The van der Waals surface area contributed by atoms with E-state index in [1.165, 1.54) is 6.07 Å². The second-order valence-corrected chi connectivity index (χ2v) is 4.55. The van der Waals surface area contributed by atoms with E-state index in [0.717, 1.165) is 18.5 Å². The first-order valence-electron chi connectivity index (χ1n) is 7.11. The van der Waals surface area contributed by atoms with Gasteiger partial charge in [0, 0.05) is 31.9 Å². The second-order valence-electron chi connectivity index (χ2n) is 4.55. The molecule has 1 aromatic rings. The molecule has 0 aliphatic heterocycles. The van der Waals surface area contributed by atoms with Gasteiger partial charge in [-0.05, 0) is 12.5 Å². The van der Waals surface area contributed by atoms with Crippen LogP contribution in [0.25, 0.3) is 0 Å². The Labute approximate surface area is 125 Å². The van der Waals surface area contributed by atoms with Gasteiger partial charge in [-0.25, -0.2) is 9.78 Å². The number of aromatic carboxylic acids is 1. The van der Waals surface area contributed by atoms with Crippen molar-refractivity contribution in [2.45, 2.75) is 26.2 Å². The summed E-state index contributed by atoms with van der Waals surface area (Å²) in [6.07, 6.45) is 2.35. The molecule has 0 radical (unpaired) electrons. The number of aromatic nitrogens is 1. The normalized spacial score (nSPS) is 10.6. The fraction of sp³-hybridized carbons (Fsp3) is 0.600. The lowest BCUT2D eigenvalue weighted by Crippen LogP contribution is -2.08. The molecule has 1 heterocycles. The maximum absolute atomic E-state index is 11.1. The molecule has 1 aromatic heterocycles. The lowest BCUT2D eigenvalue weighted by molar-refractivity contribution is 0.0640. The third-order valence-corrected chi connectivity index (χ3v) is 2.72. The fourth-order valence-corrected chi connectivity index (χ4v) is 1.72. The van der Waals surface area contributed by atoms with Crippen LogP contribution in [0.3, 0.4) is 0 Å². The zero-order chi connectivity index (χ0) is 15.5. The molecule has 0 fully saturated rings. The van der Waals surface area contributed by atoms with Crippen LogP contribution in [0, 0.1) is 0 Å². The van der Waals surface area contributed by atoms with Gasteiger partial charge in [0.2, 0.25) is 5.88 Å². The van der Waals surface area contributed by atoms with Crippen molar-refractivity contribution in [2.24, 2.45) is 0 Å². The SMILES string of the molecule is CCCc1cc(C(=O)O)cc(OCCCOCCOC)n1. The molecule has 0 unspecified atom stereocenters. The monoisotopic (exact) mass is 297 g/mol. The highest BCUT2D eigenvalue weighted by atomic mass is 16.5. The molecule has 0 atom stereocenters. The number of rotatable bonds is 11. The van der Waals surface area contributed by atoms with E-state index in [2.05, 4.69) is 4.98 Å². The summed E-state index contributed by atoms with van der Waals surface area (Å²) in [6, 6.07) is 3.04. The van der Waals surface area contributed by atoms with Gasteiger partial charge in [-0.1, -0.05) is 13.3 Å². The van der Waals surface area contributed by atoms with Crippen molar-refractivity contribution in [1.29, 1.82) is 0 Å². The van der Waals surface area contributed by atoms with Crippen molar-refractivity contribution in [3.63, 3.8) is 0 Å². The average Bonchev–Trinajstić information content (AvgIpc) is 2.46. The van der Waals surface area contributed by atoms with Crippen LogP contribution in [0.2, 0.25) is 0 Å². The van der Waals surface area contributed by atoms with Gasteiger partial charge >= 0.3 is 5.97 Å². The summed E-state index contributed by atoms with van der Waals surface area (Å²) in [5, 5.41) is 9.08. The van der Waals surface area contributed by atoms with Crippen molar-refractivity contribution < 1.29 is 24.1 Å². The Morgan fingerprint density at radius 3 is 2.71 bits per heavy atom. The molecule has 0 bridgehead atoms. The Bertz CT molecular complexity index is 436. The molecular weight excluding hydrogens is 274 g/mol. The zero-order valence-corrected chi connectivity index (χ0v) is 12.6. The molecule has 118 valence electrons. The number of carboxylic acids is 1. The molecule has 21 heavy (non-hydrogen) atoms. The first-order chi connectivity index (χ1) is 10.2. The number of carboxylic acid groups (broad SMARTS) is 1. The van der Waals surface area contributed by atoms with Gasteiger partial charge in [-0.3, -0.25) is 0 Å². The van der Waals surface area contributed by atoms with E-state index < -0.39 is 5.97 Å². The maximum Gasteiger partial charge on any atom is 0.335 e. The van der Waals surface area contributed by atoms with Crippen LogP contribution in [0.5, 0.6) is 5.88 Å². The summed E-state index contributed by atoms with van der Waals surface area (Å²) in [5.41, 5.74) is 0.948. The highest BCUT2D eigenvalue weighted by Gasteiger charge is 2.09. The number of pyridine rings is 1. The molecule has 0 aromatic carbocycles. The standard InChI is InChI=1S/C15H23NO5/c1-3-5-13-10-12(15(17)18)11-14(16-13)21-7-4-6-20-9-8-19-2/h10-11H,3-9H2,1-2H3,(H,17,18). The van der Waals surface area contributed by atoms with Crippen LogP contribution >= 0.6 is 0 Å². The minimum absolute atomic E-state index is 0.208. The summed E-state index contributed by atoms with van der Waals surface area (Å²) in [4.78, 5) is 15.4. The minimum atomic E-state index is -0.970. The number of aryl methyl sites for hydroxylation is 1. The van der Waals surface area contributed by atoms with Crippen LogP contribution in [-0.2, 0) is 15.9 Å². The molecule has 0 amide bonds. The fourth-order valence-electron chi connectivity index (χ4n) is 1.72. The van der Waals surface area contributed by atoms with E-state index in [9.17, 15) is 4.79 Å². The summed E-state index contributed by atoms with van der Waals surface area (Å²) in [6.45, 7) is 4.17. The number of hydrogen-bond acceptors (Lipinski definition) is 5. The van der Waals surface area contributed by atoms with Gasteiger partial charge in [0.1, 0.15) is 0 Å². The third-order valence-electron chi connectivity index (χ3n) is 2.72. The number of methoxy groups -OCH3 is 1. The van der Waals surface area contributed by atoms with Crippen molar-refractivity contribution in [3.05, 3.63) is 23.4 Å². The van der Waals surface area contributed by atoms with E-state index in [-0.39, 0.29) is 5.56 Å². The Morgan fingerprint density at radius 1 is 1.24 bits per heavy atom. The summed E-state index contributed by atoms with van der Waals surface area (Å²) in [5.74, 6) is -0.613. The summed E-state index contributed by atoms with van der Waals surface area (Å²) < 4.78 is 15.7. The van der Waals surface area contributed by atoms with Crippen molar-refractivity contribution in [2.75, 3.05) is 33.5 Å². The quantitative estimate of drug-likeness (QED) is 0.631. The van der Waals surface area contributed by atoms with Crippen molar-refractivity contribution in [3.8, 4) is 5.88 Å². The first kappa shape index (κ1) is 17.4. The molecule has 1 rings (SSSR count). The third kappa shape index (κ3) is 7.06. The van der Waals surface area contributed by atoms with E-state index in [4.69, 9.17) is 19.3 Å². The number of ether oxygens (including phenoxy) is 3.